The molecule has 1 aliphatic rings. The Morgan fingerprint density at radius 1 is 1.19 bits per heavy atom. The lowest BCUT2D eigenvalue weighted by Gasteiger charge is -2.19. The van der Waals surface area contributed by atoms with E-state index in [9.17, 15) is 18.0 Å². The second kappa shape index (κ2) is 6.71. The molecule has 1 aromatic carbocycles. The first-order valence-electron chi connectivity index (χ1n) is 6.81. The van der Waals surface area contributed by atoms with Gasteiger partial charge in [0.25, 0.3) is 0 Å². The van der Waals surface area contributed by atoms with Crippen molar-refractivity contribution < 1.29 is 18.0 Å². The van der Waals surface area contributed by atoms with E-state index in [4.69, 9.17) is 0 Å². The van der Waals surface area contributed by atoms with E-state index in [0.717, 1.165) is 0 Å². The number of hydrogen-bond acceptors (Lipinski definition) is 4. The fraction of sp³-hybridized carbons (Fsp3) is 0.429. The highest BCUT2D eigenvalue weighted by Gasteiger charge is 2.21. The van der Waals surface area contributed by atoms with Gasteiger partial charge in [-0.25, -0.2) is 8.42 Å². The zero-order valence-electron chi connectivity index (χ0n) is 11.6. The molecule has 0 unspecified atom stereocenters. The van der Waals surface area contributed by atoms with Gasteiger partial charge in [0.2, 0.25) is 11.8 Å². The molecule has 0 radical (unpaired) electrons. The van der Waals surface area contributed by atoms with Crippen molar-refractivity contribution in [1.82, 2.24) is 10.2 Å². The maximum Gasteiger partial charge on any atom is 0.223 e. The largest absolute Gasteiger partial charge is 0.354 e. The molecule has 1 aromatic rings. The molecule has 0 saturated carbocycles. The van der Waals surface area contributed by atoms with Crippen molar-refractivity contribution >= 4 is 21.7 Å². The first kappa shape index (κ1) is 15.5. The van der Waals surface area contributed by atoms with Crippen LogP contribution in [0.5, 0.6) is 0 Å². The van der Waals surface area contributed by atoms with Crippen molar-refractivity contribution in [3.05, 3.63) is 30.3 Å². The van der Waals surface area contributed by atoms with Crippen molar-refractivity contribution in [3.8, 4) is 0 Å². The summed E-state index contributed by atoms with van der Waals surface area (Å²) in [5, 5.41) is 2.68. The number of nitrogens with one attached hydrogen (secondary N) is 1. The fourth-order valence-electron chi connectivity index (χ4n) is 2.14. The summed E-state index contributed by atoms with van der Waals surface area (Å²) >= 11 is 0. The number of benzene rings is 1. The second-order valence-corrected chi connectivity index (χ2v) is 6.97. The zero-order chi connectivity index (χ0) is 15.3. The van der Waals surface area contributed by atoms with Crippen LogP contribution in [-0.4, -0.2) is 50.5 Å². The van der Waals surface area contributed by atoms with Gasteiger partial charge in [0, 0.05) is 32.5 Å². The Kier molecular flexibility index (Phi) is 4.95. The number of amides is 2. The highest BCUT2D eigenvalue weighted by Crippen LogP contribution is 2.12. The smallest absolute Gasteiger partial charge is 0.223 e. The van der Waals surface area contributed by atoms with E-state index in [-0.39, 0.29) is 35.3 Å². The highest BCUT2D eigenvalue weighted by atomic mass is 32.2. The normalized spacial score (nSPS) is 16.2. The summed E-state index contributed by atoms with van der Waals surface area (Å²) in [5.41, 5.74) is 0. The molecule has 7 heteroatoms. The van der Waals surface area contributed by atoms with Crippen molar-refractivity contribution in [2.45, 2.75) is 17.7 Å². The van der Waals surface area contributed by atoms with Crippen LogP contribution in [0.25, 0.3) is 0 Å². The van der Waals surface area contributed by atoms with E-state index in [1.165, 1.54) is 12.1 Å². The van der Waals surface area contributed by atoms with Crippen molar-refractivity contribution in [2.75, 3.05) is 25.4 Å². The number of hydrogen-bond donors (Lipinski definition) is 1. The molecule has 21 heavy (non-hydrogen) atoms. The summed E-state index contributed by atoms with van der Waals surface area (Å²) in [4.78, 5) is 25.0. The first-order valence-corrected chi connectivity index (χ1v) is 8.46. The van der Waals surface area contributed by atoms with Crippen molar-refractivity contribution in [2.24, 2.45) is 0 Å². The lowest BCUT2D eigenvalue weighted by molar-refractivity contribution is -0.130. The van der Waals surface area contributed by atoms with Crippen LogP contribution in [0.1, 0.15) is 12.8 Å². The minimum atomic E-state index is -3.44. The average molecular weight is 310 g/mol. The van der Waals surface area contributed by atoms with Gasteiger partial charge in [-0.2, -0.15) is 0 Å². The van der Waals surface area contributed by atoms with Gasteiger partial charge in [0.05, 0.1) is 10.6 Å². The van der Waals surface area contributed by atoms with E-state index in [2.05, 4.69) is 5.32 Å². The predicted octanol–water partition coefficient (Wildman–Crippen LogP) is 0.199. The molecular weight excluding hydrogens is 292 g/mol. The predicted molar refractivity (Wildman–Crippen MR) is 77.3 cm³/mol. The Hall–Kier alpha value is -1.89. The Bertz CT molecular complexity index is 613. The molecule has 0 atom stereocenters. The van der Waals surface area contributed by atoms with Crippen LogP contribution in [0.4, 0.5) is 0 Å². The molecule has 2 rings (SSSR count). The number of nitrogens with zero attached hydrogens (tertiary/aromatic N) is 1. The highest BCUT2D eigenvalue weighted by molar-refractivity contribution is 7.91. The van der Waals surface area contributed by atoms with E-state index < -0.39 is 9.84 Å². The third kappa shape index (κ3) is 4.29. The Morgan fingerprint density at radius 2 is 1.90 bits per heavy atom. The summed E-state index contributed by atoms with van der Waals surface area (Å²) < 4.78 is 24.2. The quantitative estimate of drug-likeness (QED) is 0.861. The minimum absolute atomic E-state index is 0.0641. The Morgan fingerprint density at radius 3 is 2.62 bits per heavy atom. The first-order chi connectivity index (χ1) is 9.99. The topological polar surface area (TPSA) is 83.6 Å². The van der Waals surface area contributed by atoms with Gasteiger partial charge in [-0.05, 0) is 12.1 Å². The average Bonchev–Trinajstić information content (AvgIpc) is 2.70. The third-order valence-electron chi connectivity index (χ3n) is 3.35. The molecule has 1 fully saturated rings. The third-order valence-corrected chi connectivity index (χ3v) is 5.08. The van der Waals surface area contributed by atoms with Crippen LogP contribution in [0, 0.1) is 0 Å². The molecule has 0 spiro atoms. The van der Waals surface area contributed by atoms with Gasteiger partial charge < -0.3 is 10.2 Å². The van der Waals surface area contributed by atoms with Crippen LogP contribution in [0.3, 0.4) is 0 Å². The van der Waals surface area contributed by atoms with Gasteiger partial charge >= 0.3 is 0 Å². The van der Waals surface area contributed by atoms with Gasteiger partial charge in [0.15, 0.2) is 9.84 Å². The molecule has 2 amide bonds. The van der Waals surface area contributed by atoms with Crippen molar-refractivity contribution in [3.63, 3.8) is 0 Å². The maximum atomic E-state index is 12.1. The molecule has 1 heterocycles. The van der Waals surface area contributed by atoms with Gasteiger partial charge in [-0.1, -0.05) is 18.2 Å². The Labute approximate surface area is 124 Å². The number of carbonyl (C=O) groups is 2. The minimum Gasteiger partial charge on any atom is -0.354 e. The molecule has 1 saturated heterocycles. The van der Waals surface area contributed by atoms with Gasteiger partial charge in [-0.3, -0.25) is 9.59 Å². The van der Waals surface area contributed by atoms with Crippen LogP contribution < -0.4 is 5.32 Å². The molecular formula is C14H18N2O4S. The lowest BCUT2D eigenvalue weighted by atomic mass is 10.3. The summed E-state index contributed by atoms with van der Waals surface area (Å²) in [6.07, 6.45) is 0.197. The molecule has 6 nitrogen and oxygen atoms in total. The fourth-order valence-corrected chi connectivity index (χ4v) is 3.39. The van der Waals surface area contributed by atoms with E-state index in [1.807, 2.05) is 0 Å². The zero-order valence-corrected chi connectivity index (χ0v) is 12.4. The number of carbonyl (C=O) groups excluding carboxylic acids is 2. The van der Waals surface area contributed by atoms with E-state index in [0.29, 0.717) is 19.6 Å². The molecule has 1 aliphatic heterocycles. The maximum absolute atomic E-state index is 12.1. The summed E-state index contributed by atoms with van der Waals surface area (Å²) in [6, 6.07) is 8.09. The van der Waals surface area contributed by atoms with Gasteiger partial charge in [-0.15, -0.1) is 0 Å². The summed E-state index contributed by atoms with van der Waals surface area (Å²) in [6.45, 7) is 1.18. The van der Waals surface area contributed by atoms with Crippen LogP contribution >= 0.6 is 0 Å². The second-order valence-electron chi connectivity index (χ2n) is 4.86. The number of sulfone groups is 1. The monoisotopic (exact) mass is 310 g/mol. The van der Waals surface area contributed by atoms with Crippen LogP contribution in [-0.2, 0) is 19.4 Å². The summed E-state index contributed by atoms with van der Waals surface area (Å²) in [5.74, 6) is -0.526. The van der Waals surface area contributed by atoms with E-state index >= 15 is 0 Å². The SMILES string of the molecule is O=C1CCN(C(=O)CCS(=O)(=O)c2ccccc2)CCN1. The molecule has 0 bridgehead atoms. The van der Waals surface area contributed by atoms with Crippen molar-refractivity contribution in [1.29, 1.82) is 0 Å². The molecule has 1 N–H and O–H groups in total. The lowest BCUT2D eigenvalue weighted by Crippen LogP contribution is -2.35. The number of rotatable bonds is 4. The van der Waals surface area contributed by atoms with E-state index in [1.54, 1.807) is 23.1 Å². The standard InChI is InChI=1S/C14H18N2O4S/c17-13-6-9-16(10-8-15-13)14(18)7-11-21(19,20)12-4-2-1-3-5-12/h1-5H,6-11H2,(H,15,17). The molecule has 0 aromatic heterocycles. The Balaban J connectivity index is 1.93. The molecule has 0 aliphatic carbocycles. The molecule has 114 valence electrons. The van der Waals surface area contributed by atoms with Crippen LogP contribution in [0.15, 0.2) is 35.2 Å². The van der Waals surface area contributed by atoms with Gasteiger partial charge in [0.1, 0.15) is 0 Å². The van der Waals surface area contributed by atoms with Crippen LogP contribution in [0.2, 0.25) is 0 Å². The summed E-state index contributed by atoms with van der Waals surface area (Å²) in [7, 11) is -3.44.